The van der Waals surface area contributed by atoms with Crippen LogP contribution in [-0.4, -0.2) is 54.0 Å². The monoisotopic (exact) mass is 309 g/mol. The Hall–Kier alpha value is -0.820. The van der Waals surface area contributed by atoms with Gasteiger partial charge < -0.3 is 14.7 Å². The number of ether oxygens (including phenoxy) is 1. The number of hydrogen-bond donors (Lipinski definition) is 1. The number of carbonyl (C=O) groups is 1. The van der Waals surface area contributed by atoms with Crippen LogP contribution in [0.1, 0.15) is 32.6 Å². The molecule has 0 radical (unpaired) electrons. The van der Waals surface area contributed by atoms with Gasteiger partial charge in [0.2, 0.25) is 5.91 Å². The van der Waals surface area contributed by atoms with Gasteiger partial charge >= 0.3 is 6.18 Å². The molecule has 7 heteroatoms. The van der Waals surface area contributed by atoms with Gasteiger partial charge in [-0.15, -0.1) is 0 Å². The van der Waals surface area contributed by atoms with Gasteiger partial charge in [-0.1, -0.05) is 0 Å². The number of rotatable bonds is 2. The normalized spacial score (nSPS) is 34.8. The quantitative estimate of drug-likeness (QED) is 0.848. The number of morpholine rings is 1. The van der Waals surface area contributed by atoms with Crippen LogP contribution < -0.4 is 0 Å². The third-order valence-electron chi connectivity index (χ3n) is 4.38. The average molecular weight is 309 g/mol. The molecule has 2 atom stereocenters. The zero-order valence-corrected chi connectivity index (χ0v) is 12.1. The van der Waals surface area contributed by atoms with E-state index in [0.29, 0.717) is 25.9 Å². The largest absolute Gasteiger partial charge is 0.394 e. The Morgan fingerprint density at radius 1 is 1.24 bits per heavy atom. The van der Waals surface area contributed by atoms with E-state index in [1.807, 2.05) is 6.92 Å². The van der Waals surface area contributed by atoms with Crippen molar-refractivity contribution in [3.05, 3.63) is 0 Å². The first kappa shape index (κ1) is 16.5. The fourth-order valence-corrected chi connectivity index (χ4v) is 3.25. The van der Waals surface area contributed by atoms with E-state index in [4.69, 9.17) is 9.84 Å². The highest BCUT2D eigenvalue weighted by atomic mass is 19.4. The van der Waals surface area contributed by atoms with Crippen molar-refractivity contribution >= 4 is 5.91 Å². The molecule has 1 N–H and O–H groups in total. The molecule has 21 heavy (non-hydrogen) atoms. The van der Waals surface area contributed by atoms with Gasteiger partial charge in [0.15, 0.2) is 0 Å². The van der Waals surface area contributed by atoms with E-state index in [1.165, 1.54) is 0 Å². The van der Waals surface area contributed by atoms with Gasteiger partial charge in [0.25, 0.3) is 0 Å². The fraction of sp³-hybridized carbons (Fsp3) is 0.929. The molecule has 1 saturated heterocycles. The summed E-state index contributed by atoms with van der Waals surface area (Å²) in [5.74, 6) is -1.69. The van der Waals surface area contributed by atoms with Crippen LogP contribution in [0.5, 0.6) is 0 Å². The first-order valence-corrected chi connectivity index (χ1v) is 7.43. The third-order valence-corrected chi connectivity index (χ3v) is 4.38. The van der Waals surface area contributed by atoms with E-state index in [1.54, 1.807) is 4.90 Å². The minimum Gasteiger partial charge on any atom is -0.394 e. The Labute approximate surface area is 122 Å². The molecule has 0 aromatic carbocycles. The van der Waals surface area contributed by atoms with Crippen molar-refractivity contribution in [2.75, 3.05) is 19.7 Å². The molecule has 1 saturated carbocycles. The molecular formula is C14H22F3NO3. The molecule has 1 aliphatic carbocycles. The van der Waals surface area contributed by atoms with Crippen LogP contribution in [0.15, 0.2) is 0 Å². The van der Waals surface area contributed by atoms with E-state index in [9.17, 15) is 18.0 Å². The average Bonchev–Trinajstić information content (AvgIpc) is 2.45. The Kier molecular flexibility index (Phi) is 5.14. The van der Waals surface area contributed by atoms with Crippen molar-refractivity contribution in [3.63, 3.8) is 0 Å². The Bertz CT molecular complexity index is 367. The lowest BCUT2D eigenvalue weighted by atomic mass is 9.81. The van der Waals surface area contributed by atoms with Crippen LogP contribution in [0.25, 0.3) is 0 Å². The number of aliphatic hydroxyl groups is 1. The molecule has 2 rings (SSSR count). The molecule has 0 aromatic heterocycles. The van der Waals surface area contributed by atoms with Crippen LogP contribution in [0.3, 0.4) is 0 Å². The van der Waals surface area contributed by atoms with E-state index in [0.717, 1.165) is 0 Å². The summed E-state index contributed by atoms with van der Waals surface area (Å²) < 4.78 is 43.4. The van der Waals surface area contributed by atoms with E-state index in [-0.39, 0.29) is 37.4 Å². The summed E-state index contributed by atoms with van der Waals surface area (Å²) in [6.45, 7) is 2.42. The van der Waals surface area contributed by atoms with Crippen LogP contribution in [0, 0.1) is 11.8 Å². The number of hydrogen-bond acceptors (Lipinski definition) is 3. The molecule has 1 aliphatic heterocycles. The Morgan fingerprint density at radius 3 is 2.38 bits per heavy atom. The molecule has 4 nitrogen and oxygen atoms in total. The summed E-state index contributed by atoms with van der Waals surface area (Å²) in [5.41, 5.74) is 0. The van der Waals surface area contributed by atoms with Crippen molar-refractivity contribution in [3.8, 4) is 0 Å². The van der Waals surface area contributed by atoms with Gasteiger partial charge in [-0.2, -0.15) is 13.2 Å². The highest BCUT2D eigenvalue weighted by Crippen LogP contribution is 2.40. The molecule has 1 heterocycles. The first-order valence-electron chi connectivity index (χ1n) is 7.43. The number of carbonyl (C=O) groups excluding carboxylic acids is 1. The first-order chi connectivity index (χ1) is 9.81. The molecule has 0 aromatic rings. The number of alkyl halides is 3. The number of nitrogens with zero attached hydrogens (tertiary/aromatic N) is 1. The van der Waals surface area contributed by atoms with E-state index in [2.05, 4.69) is 0 Å². The van der Waals surface area contributed by atoms with Gasteiger partial charge in [-0.25, -0.2) is 0 Å². The Morgan fingerprint density at radius 2 is 1.86 bits per heavy atom. The molecule has 2 aliphatic rings. The van der Waals surface area contributed by atoms with Gasteiger partial charge in [0.05, 0.1) is 24.7 Å². The highest BCUT2D eigenvalue weighted by Gasteiger charge is 2.43. The fourth-order valence-electron chi connectivity index (χ4n) is 3.25. The van der Waals surface area contributed by atoms with Crippen molar-refractivity contribution in [2.45, 2.75) is 51.0 Å². The lowest BCUT2D eigenvalue weighted by Crippen LogP contribution is -2.52. The number of halogens is 3. The maximum Gasteiger partial charge on any atom is 0.391 e. The van der Waals surface area contributed by atoms with Crippen LogP contribution in [-0.2, 0) is 9.53 Å². The van der Waals surface area contributed by atoms with Gasteiger partial charge in [0.1, 0.15) is 0 Å². The predicted octanol–water partition coefficient (Wildman–Crippen LogP) is 1.96. The molecule has 2 fully saturated rings. The van der Waals surface area contributed by atoms with Gasteiger partial charge in [-0.05, 0) is 32.6 Å². The molecule has 0 spiro atoms. The minimum atomic E-state index is -4.15. The number of amides is 1. The second-order valence-electron chi connectivity index (χ2n) is 6.08. The minimum absolute atomic E-state index is 0.0310. The van der Waals surface area contributed by atoms with E-state index < -0.39 is 18.2 Å². The SMILES string of the molecule is CC1CN(C(=O)C2CCC(C(F)(F)F)CC2)CC(CO)O1. The predicted molar refractivity (Wildman–Crippen MR) is 69.5 cm³/mol. The van der Waals surface area contributed by atoms with Crippen molar-refractivity contribution in [1.82, 2.24) is 4.90 Å². The number of aliphatic hydroxyl groups excluding tert-OH is 1. The summed E-state index contributed by atoms with van der Waals surface area (Å²) in [5, 5.41) is 9.15. The molecule has 2 unspecified atom stereocenters. The van der Waals surface area contributed by atoms with Gasteiger partial charge in [-0.3, -0.25) is 4.79 Å². The summed E-state index contributed by atoms with van der Waals surface area (Å²) >= 11 is 0. The second kappa shape index (κ2) is 6.52. The third kappa shape index (κ3) is 4.10. The Balaban J connectivity index is 1.89. The van der Waals surface area contributed by atoms with Crippen LogP contribution in [0.2, 0.25) is 0 Å². The molecule has 0 bridgehead atoms. The van der Waals surface area contributed by atoms with Crippen LogP contribution >= 0.6 is 0 Å². The molecule has 1 amide bonds. The van der Waals surface area contributed by atoms with Gasteiger partial charge in [0, 0.05) is 19.0 Å². The zero-order valence-electron chi connectivity index (χ0n) is 12.1. The van der Waals surface area contributed by atoms with Crippen molar-refractivity contribution < 1.29 is 27.8 Å². The maximum absolute atomic E-state index is 12.6. The van der Waals surface area contributed by atoms with Crippen molar-refractivity contribution in [1.29, 1.82) is 0 Å². The topological polar surface area (TPSA) is 49.8 Å². The standard InChI is InChI=1S/C14H22F3NO3/c1-9-6-18(7-12(8-19)21-9)13(20)10-2-4-11(5-3-10)14(15,16)17/h9-12,19H,2-8H2,1H3. The molecular weight excluding hydrogens is 287 g/mol. The summed E-state index contributed by atoms with van der Waals surface area (Å²) in [4.78, 5) is 14.1. The summed E-state index contributed by atoms with van der Waals surface area (Å²) in [6.07, 6.45) is -4.07. The smallest absolute Gasteiger partial charge is 0.391 e. The lowest BCUT2D eigenvalue weighted by molar-refractivity contribution is -0.186. The second-order valence-corrected chi connectivity index (χ2v) is 6.08. The lowest BCUT2D eigenvalue weighted by Gasteiger charge is -2.39. The zero-order chi connectivity index (χ0) is 15.6. The summed E-state index contributed by atoms with van der Waals surface area (Å²) in [7, 11) is 0. The highest BCUT2D eigenvalue weighted by molar-refractivity contribution is 5.79. The molecule has 122 valence electrons. The van der Waals surface area contributed by atoms with Crippen molar-refractivity contribution in [2.24, 2.45) is 11.8 Å². The van der Waals surface area contributed by atoms with Crippen LogP contribution in [0.4, 0.5) is 13.2 Å². The van der Waals surface area contributed by atoms with E-state index >= 15 is 0 Å². The summed E-state index contributed by atoms with van der Waals surface area (Å²) in [6, 6.07) is 0. The maximum atomic E-state index is 12.6.